The van der Waals surface area contributed by atoms with Crippen LogP contribution < -0.4 is 11.1 Å². The molecule has 104 valence electrons. The highest BCUT2D eigenvalue weighted by Gasteiger charge is 2.38. The van der Waals surface area contributed by atoms with Crippen molar-refractivity contribution in [2.75, 3.05) is 13.1 Å². The smallest absolute Gasteiger partial charge is 0.271 e. The maximum Gasteiger partial charge on any atom is 0.271 e. The van der Waals surface area contributed by atoms with Crippen LogP contribution in [0.15, 0.2) is 5.38 Å². The first-order valence-corrected chi connectivity index (χ1v) is 7.79. The van der Waals surface area contributed by atoms with Crippen LogP contribution in [0.3, 0.4) is 0 Å². The second-order valence-corrected chi connectivity index (χ2v) is 6.36. The van der Waals surface area contributed by atoms with Gasteiger partial charge >= 0.3 is 0 Å². The average Bonchev–Trinajstić information content (AvgIpc) is 3.05. The van der Waals surface area contributed by atoms with E-state index >= 15 is 0 Å². The summed E-state index contributed by atoms with van der Waals surface area (Å²) in [5.41, 5.74) is 6.28. The van der Waals surface area contributed by atoms with Crippen LogP contribution in [0, 0.1) is 0 Å². The van der Waals surface area contributed by atoms with Crippen molar-refractivity contribution in [2.45, 2.75) is 44.3 Å². The molecule has 1 aromatic rings. The van der Waals surface area contributed by atoms with Gasteiger partial charge in [-0.2, -0.15) is 0 Å². The molecular weight excluding hydrogens is 260 g/mol. The zero-order chi connectivity index (χ0) is 13.4. The number of nitrogens with zero attached hydrogens (tertiary/aromatic N) is 2. The van der Waals surface area contributed by atoms with Crippen LogP contribution >= 0.6 is 11.3 Å². The van der Waals surface area contributed by atoms with Crippen molar-refractivity contribution >= 4 is 17.2 Å². The molecule has 3 rings (SSSR count). The van der Waals surface area contributed by atoms with E-state index < -0.39 is 0 Å². The van der Waals surface area contributed by atoms with E-state index in [0.717, 1.165) is 18.0 Å². The van der Waals surface area contributed by atoms with Gasteiger partial charge in [-0.1, -0.05) is 0 Å². The second-order valence-electron chi connectivity index (χ2n) is 5.47. The molecule has 0 spiro atoms. The van der Waals surface area contributed by atoms with Gasteiger partial charge in [0, 0.05) is 24.0 Å². The highest BCUT2D eigenvalue weighted by Crippen LogP contribution is 2.28. The van der Waals surface area contributed by atoms with Gasteiger partial charge in [0.25, 0.3) is 5.91 Å². The fraction of sp³-hybridized carbons (Fsp3) is 0.692. The molecule has 3 atom stereocenters. The highest BCUT2D eigenvalue weighted by atomic mass is 32.1. The van der Waals surface area contributed by atoms with Gasteiger partial charge in [-0.15, -0.1) is 11.3 Å². The Bertz CT molecular complexity index is 473. The van der Waals surface area contributed by atoms with Crippen molar-refractivity contribution in [1.29, 1.82) is 0 Å². The summed E-state index contributed by atoms with van der Waals surface area (Å²) >= 11 is 1.46. The van der Waals surface area contributed by atoms with Crippen LogP contribution in [0.2, 0.25) is 0 Å². The predicted molar refractivity (Wildman–Crippen MR) is 75.2 cm³/mol. The molecule has 0 bridgehead atoms. The quantitative estimate of drug-likeness (QED) is 0.870. The Balaban J connectivity index is 1.64. The van der Waals surface area contributed by atoms with Gasteiger partial charge in [0.05, 0.1) is 6.04 Å². The normalized spacial score (nSPS) is 28.3. The van der Waals surface area contributed by atoms with Crippen LogP contribution in [0.25, 0.3) is 0 Å². The number of carbonyl (C=O) groups is 1. The molecule has 19 heavy (non-hydrogen) atoms. The Hall–Kier alpha value is -0.980. The average molecular weight is 280 g/mol. The molecule has 5 nitrogen and oxygen atoms in total. The molecule has 0 aliphatic carbocycles. The van der Waals surface area contributed by atoms with Gasteiger partial charge in [0.15, 0.2) is 0 Å². The van der Waals surface area contributed by atoms with E-state index in [9.17, 15) is 4.79 Å². The van der Waals surface area contributed by atoms with Gasteiger partial charge in [-0.3, -0.25) is 9.69 Å². The second kappa shape index (κ2) is 5.19. The van der Waals surface area contributed by atoms with Crippen molar-refractivity contribution in [1.82, 2.24) is 15.2 Å². The topological polar surface area (TPSA) is 71.2 Å². The first kappa shape index (κ1) is 13.0. The highest BCUT2D eigenvalue weighted by molar-refractivity contribution is 7.09. The van der Waals surface area contributed by atoms with Gasteiger partial charge < -0.3 is 11.1 Å². The number of hydrogen-bond donors (Lipinski definition) is 2. The van der Waals surface area contributed by atoms with Crippen LogP contribution in [0.1, 0.15) is 47.7 Å². The molecule has 3 heterocycles. The molecule has 0 radical (unpaired) electrons. The van der Waals surface area contributed by atoms with Crippen molar-refractivity contribution in [2.24, 2.45) is 5.73 Å². The summed E-state index contributed by atoms with van der Waals surface area (Å²) in [6, 6.07) is 0.717. The fourth-order valence-electron chi connectivity index (χ4n) is 3.09. The zero-order valence-electron chi connectivity index (χ0n) is 11.1. The molecule has 6 heteroatoms. The summed E-state index contributed by atoms with van der Waals surface area (Å²) in [5, 5.41) is 5.76. The van der Waals surface area contributed by atoms with Gasteiger partial charge in [0.1, 0.15) is 10.7 Å². The van der Waals surface area contributed by atoms with Crippen molar-refractivity contribution < 1.29 is 4.79 Å². The lowest BCUT2D eigenvalue weighted by Gasteiger charge is -2.20. The first-order valence-electron chi connectivity index (χ1n) is 6.91. The first-order chi connectivity index (χ1) is 9.15. The Labute approximate surface area is 117 Å². The minimum Gasteiger partial charge on any atom is -0.346 e. The molecule has 2 saturated heterocycles. The van der Waals surface area contributed by atoms with Crippen LogP contribution in [-0.4, -0.2) is 41.0 Å². The molecule has 2 aliphatic rings. The summed E-state index contributed by atoms with van der Waals surface area (Å²) < 4.78 is 0. The zero-order valence-corrected chi connectivity index (χ0v) is 11.9. The lowest BCUT2D eigenvalue weighted by molar-refractivity contribution is 0.0925. The van der Waals surface area contributed by atoms with E-state index in [2.05, 4.69) is 15.2 Å². The van der Waals surface area contributed by atoms with E-state index in [4.69, 9.17) is 5.73 Å². The maximum absolute atomic E-state index is 12.2. The van der Waals surface area contributed by atoms with Gasteiger partial charge in [0.2, 0.25) is 0 Å². The molecule has 0 aromatic carbocycles. The number of carbonyl (C=O) groups excluding carboxylic acids is 1. The van der Waals surface area contributed by atoms with Crippen molar-refractivity contribution in [3.05, 3.63) is 16.1 Å². The molecule has 2 aliphatic heterocycles. The van der Waals surface area contributed by atoms with Gasteiger partial charge in [-0.25, -0.2) is 4.98 Å². The van der Waals surface area contributed by atoms with Gasteiger partial charge in [-0.05, 0) is 32.7 Å². The van der Waals surface area contributed by atoms with Crippen LogP contribution in [0.4, 0.5) is 0 Å². The van der Waals surface area contributed by atoms with E-state index in [0.29, 0.717) is 11.7 Å². The van der Waals surface area contributed by atoms with Crippen LogP contribution in [-0.2, 0) is 0 Å². The minimum atomic E-state index is -0.108. The molecule has 1 aromatic heterocycles. The third-order valence-corrected chi connectivity index (χ3v) is 5.11. The SMILES string of the molecule is CC(N)c1nc(C(=O)NC2CCN3CCCC23)cs1. The number of nitrogens with one attached hydrogen (secondary N) is 1. The number of thiazole rings is 1. The Morgan fingerprint density at radius 3 is 3.16 bits per heavy atom. The lowest BCUT2D eigenvalue weighted by Crippen LogP contribution is -2.42. The third-order valence-electron chi connectivity index (χ3n) is 4.07. The molecule has 2 fully saturated rings. The Kier molecular flexibility index (Phi) is 3.56. The largest absolute Gasteiger partial charge is 0.346 e. The molecule has 1 amide bonds. The van der Waals surface area contributed by atoms with Crippen molar-refractivity contribution in [3.8, 4) is 0 Å². The fourth-order valence-corrected chi connectivity index (χ4v) is 3.85. The number of aromatic nitrogens is 1. The number of amides is 1. The number of nitrogens with two attached hydrogens (primary N) is 1. The summed E-state index contributed by atoms with van der Waals surface area (Å²) in [6.07, 6.45) is 3.51. The monoisotopic (exact) mass is 280 g/mol. The van der Waals surface area contributed by atoms with E-state index in [1.807, 2.05) is 6.92 Å². The van der Waals surface area contributed by atoms with E-state index in [1.165, 1.54) is 30.7 Å². The van der Waals surface area contributed by atoms with Crippen molar-refractivity contribution in [3.63, 3.8) is 0 Å². The number of fused-ring (bicyclic) bond motifs is 1. The standard InChI is InChI=1S/C13H20N4OS/c1-8(14)13-16-10(7-19-13)12(18)15-9-4-6-17-5-2-3-11(9)17/h7-9,11H,2-6,14H2,1H3,(H,15,18). The minimum absolute atomic E-state index is 0.0538. The molecule has 0 saturated carbocycles. The Morgan fingerprint density at radius 1 is 1.58 bits per heavy atom. The van der Waals surface area contributed by atoms with E-state index in [-0.39, 0.29) is 18.0 Å². The van der Waals surface area contributed by atoms with E-state index in [1.54, 1.807) is 5.38 Å². The third kappa shape index (κ3) is 2.52. The molecule has 3 unspecified atom stereocenters. The summed E-state index contributed by atoms with van der Waals surface area (Å²) in [7, 11) is 0. The summed E-state index contributed by atoms with van der Waals surface area (Å²) in [5.74, 6) is -0.0538. The lowest BCUT2D eigenvalue weighted by atomic mass is 10.1. The predicted octanol–water partition coefficient (Wildman–Crippen LogP) is 1.13. The summed E-state index contributed by atoms with van der Waals surface area (Å²) in [4.78, 5) is 19.0. The Morgan fingerprint density at radius 2 is 2.42 bits per heavy atom. The van der Waals surface area contributed by atoms with Crippen LogP contribution in [0.5, 0.6) is 0 Å². The molecular formula is C13H20N4OS. The molecule has 3 N–H and O–H groups in total. The number of hydrogen-bond acceptors (Lipinski definition) is 5. The maximum atomic E-state index is 12.2. The number of rotatable bonds is 3. The summed E-state index contributed by atoms with van der Waals surface area (Å²) in [6.45, 7) is 4.17.